The Balaban J connectivity index is 2.38. The second kappa shape index (κ2) is 6.66. The molecule has 20 heavy (non-hydrogen) atoms. The van der Waals surface area contributed by atoms with Crippen LogP contribution in [0.15, 0.2) is 30.3 Å². The van der Waals surface area contributed by atoms with Gasteiger partial charge < -0.3 is 5.32 Å². The molecule has 3 nitrogen and oxygen atoms in total. The van der Waals surface area contributed by atoms with Gasteiger partial charge in [-0.2, -0.15) is 5.10 Å². The lowest BCUT2D eigenvalue weighted by Crippen LogP contribution is -2.25. The highest BCUT2D eigenvalue weighted by molar-refractivity contribution is 5.29. The molecule has 1 atom stereocenters. The molecule has 0 aliphatic carbocycles. The Morgan fingerprint density at radius 1 is 1.25 bits per heavy atom. The van der Waals surface area contributed by atoms with Crippen LogP contribution in [0.3, 0.4) is 0 Å². The summed E-state index contributed by atoms with van der Waals surface area (Å²) in [7, 11) is 0. The predicted molar refractivity (Wildman–Crippen MR) is 79.2 cm³/mol. The first-order chi connectivity index (χ1) is 9.65. The standard InChI is InChI=1S/C16H22FN3/c1-4-10-18-16(13-6-8-14(17)9-7-13)15-11-12(3)19-20(15)5-2/h6-9,11,16,18H,4-5,10H2,1-3H3. The van der Waals surface area contributed by atoms with E-state index in [9.17, 15) is 4.39 Å². The van der Waals surface area contributed by atoms with E-state index in [0.717, 1.165) is 36.5 Å². The van der Waals surface area contributed by atoms with Crippen molar-refractivity contribution in [2.45, 2.75) is 39.8 Å². The van der Waals surface area contributed by atoms with Crippen LogP contribution in [0.5, 0.6) is 0 Å². The number of aryl methyl sites for hydroxylation is 2. The Bertz CT molecular complexity index is 545. The van der Waals surface area contributed by atoms with Crippen molar-refractivity contribution in [1.82, 2.24) is 15.1 Å². The summed E-state index contributed by atoms with van der Waals surface area (Å²) in [6.45, 7) is 7.95. The van der Waals surface area contributed by atoms with Gasteiger partial charge in [0, 0.05) is 6.54 Å². The van der Waals surface area contributed by atoms with Gasteiger partial charge in [0.15, 0.2) is 0 Å². The number of aromatic nitrogens is 2. The molecule has 2 rings (SSSR count). The lowest BCUT2D eigenvalue weighted by molar-refractivity contribution is 0.527. The lowest BCUT2D eigenvalue weighted by Gasteiger charge is -2.20. The molecule has 1 heterocycles. The smallest absolute Gasteiger partial charge is 0.123 e. The average molecular weight is 275 g/mol. The van der Waals surface area contributed by atoms with Gasteiger partial charge in [0.2, 0.25) is 0 Å². The van der Waals surface area contributed by atoms with Crippen LogP contribution in [0, 0.1) is 12.7 Å². The van der Waals surface area contributed by atoms with Gasteiger partial charge in [-0.05, 0) is 50.6 Å². The van der Waals surface area contributed by atoms with Crippen molar-refractivity contribution >= 4 is 0 Å². The minimum atomic E-state index is -0.205. The molecule has 0 amide bonds. The molecule has 1 unspecified atom stereocenters. The summed E-state index contributed by atoms with van der Waals surface area (Å²) in [5.41, 5.74) is 3.20. The van der Waals surface area contributed by atoms with E-state index in [2.05, 4.69) is 30.3 Å². The molecule has 0 spiro atoms. The maximum atomic E-state index is 13.1. The fourth-order valence-electron chi connectivity index (χ4n) is 2.39. The van der Waals surface area contributed by atoms with Crippen LogP contribution in [0.1, 0.15) is 43.3 Å². The topological polar surface area (TPSA) is 29.9 Å². The molecule has 0 radical (unpaired) electrons. The highest BCUT2D eigenvalue weighted by Crippen LogP contribution is 2.23. The quantitative estimate of drug-likeness (QED) is 0.875. The maximum Gasteiger partial charge on any atom is 0.123 e. The van der Waals surface area contributed by atoms with Crippen molar-refractivity contribution in [3.05, 3.63) is 53.1 Å². The van der Waals surface area contributed by atoms with Gasteiger partial charge in [-0.15, -0.1) is 0 Å². The van der Waals surface area contributed by atoms with Crippen LogP contribution < -0.4 is 5.32 Å². The summed E-state index contributed by atoms with van der Waals surface area (Å²) < 4.78 is 15.1. The van der Waals surface area contributed by atoms with E-state index in [-0.39, 0.29) is 11.9 Å². The first-order valence-corrected chi connectivity index (χ1v) is 7.18. The molecule has 0 saturated carbocycles. The van der Waals surface area contributed by atoms with Crippen LogP contribution in [-0.4, -0.2) is 16.3 Å². The SMILES string of the molecule is CCCNC(c1ccc(F)cc1)c1cc(C)nn1CC. The molecular weight excluding hydrogens is 253 g/mol. The maximum absolute atomic E-state index is 13.1. The molecule has 1 N–H and O–H groups in total. The second-order valence-electron chi connectivity index (χ2n) is 4.97. The minimum absolute atomic E-state index is 0.0525. The zero-order valence-electron chi connectivity index (χ0n) is 12.4. The lowest BCUT2D eigenvalue weighted by atomic mass is 10.0. The van der Waals surface area contributed by atoms with Gasteiger partial charge in [0.05, 0.1) is 17.4 Å². The van der Waals surface area contributed by atoms with Gasteiger partial charge in [-0.25, -0.2) is 4.39 Å². The summed E-state index contributed by atoms with van der Waals surface area (Å²) in [5, 5.41) is 8.03. The summed E-state index contributed by atoms with van der Waals surface area (Å²) in [6.07, 6.45) is 1.05. The van der Waals surface area contributed by atoms with Crippen LogP contribution in [0.4, 0.5) is 4.39 Å². The Kier molecular flexibility index (Phi) is 4.90. The van der Waals surface area contributed by atoms with Crippen molar-refractivity contribution in [2.24, 2.45) is 0 Å². The molecule has 0 saturated heterocycles. The van der Waals surface area contributed by atoms with E-state index in [4.69, 9.17) is 0 Å². The summed E-state index contributed by atoms with van der Waals surface area (Å²) in [6, 6.07) is 8.85. The van der Waals surface area contributed by atoms with Crippen molar-refractivity contribution in [2.75, 3.05) is 6.54 Å². The summed E-state index contributed by atoms with van der Waals surface area (Å²) >= 11 is 0. The van der Waals surface area contributed by atoms with Gasteiger partial charge in [-0.3, -0.25) is 4.68 Å². The third-order valence-corrected chi connectivity index (χ3v) is 3.33. The van der Waals surface area contributed by atoms with E-state index < -0.39 is 0 Å². The van der Waals surface area contributed by atoms with E-state index >= 15 is 0 Å². The van der Waals surface area contributed by atoms with Crippen molar-refractivity contribution in [1.29, 1.82) is 0 Å². The first kappa shape index (κ1) is 14.7. The van der Waals surface area contributed by atoms with Crippen LogP contribution >= 0.6 is 0 Å². The second-order valence-corrected chi connectivity index (χ2v) is 4.97. The number of halogens is 1. The zero-order valence-corrected chi connectivity index (χ0v) is 12.4. The monoisotopic (exact) mass is 275 g/mol. The minimum Gasteiger partial charge on any atom is -0.305 e. The van der Waals surface area contributed by atoms with E-state index in [1.54, 1.807) is 0 Å². The number of benzene rings is 1. The van der Waals surface area contributed by atoms with Crippen LogP contribution in [0.25, 0.3) is 0 Å². The van der Waals surface area contributed by atoms with Crippen molar-refractivity contribution in [3.63, 3.8) is 0 Å². The van der Waals surface area contributed by atoms with Crippen LogP contribution in [0.2, 0.25) is 0 Å². The number of nitrogens with one attached hydrogen (secondary N) is 1. The Morgan fingerprint density at radius 2 is 1.95 bits per heavy atom. The molecule has 0 aliphatic heterocycles. The highest BCUT2D eigenvalue weighted by Gasteiger charge is 2.18. The van der Waals surface area contributed by atoms with Crippen molar-refractivity contribution < 1.29 is 4.39 Å². The summed E-state index contributed by atoms with van der Waals surface area (Å²) in [4.78, 5) is 0. The largest absolute Gasteiger partial charge is 0.305 e. The molecular formula is C16H22FN3. The van der Waals surface area contributed by atoms with Crippen LogP contribution in [-0.2, 0) is 6.54 Å². The molecule has 1 aromatic heterocycles. The third kappa shape index (κ3) is 3.25. The van der Waals surface area contributed by atoms with E-state index in [1.165, 1.54) is 12.1 Å². The number of nitrogens with zero attached hydrogens (tertiary/aromatic N) is 2. The third-order valence-electron chi connectivity index (χ3n) is 3.33. The van der Waals surface area contributed by atoms with Gasteiger partial charge >= 0.3 is 0 Å². The number of hydrogen-bond donors (Lipinski definition) is 1. The predicted octanol–water partition coefficient (Wildman–Crippen LogP) is 3.44. The molecule has 2 aromatic rings. The molecule has 1 aromatic carbocycles. The molecule has 4 heteroatoms. The van der Waals surface area contributed by atoms with Crippen molar-refractivity contribution in [3.8, 4) is 0 Å². The first-order valence-electron chi connectivity index (χ1n) is 7.18. The number of hydrogen-bond acceptors (Lipinski definition) is 2. The Morgan fingerprint density at radius 3 is 2.55 bits per heavy atom. The molecule has 0 fully saturated rings. The average Bonchev–Trinajstić information content (AvgIpc) is 2.82. The van der Waals surface area contributed by atoms with Gasteiger partial charge in [-0.1, -0.05) is 19.1 Å². The zero-order chi connectivity index (χ0) is 14.5. The van der Waals surface area contributed by atoms with E-state index in [0.29, 0.717) is 0 Å². The number of rotatable bonds is 6. The Hall–Kier alpha value is -1.68. The molecule has 108 valence electrons. The Labute approximate surface area is 119 Å². The van der Waals surface area contributed by atoms with E-state index in [1.807, 2.05) is 23.7 Å². The molecule has 0 aliphatic rings. The van der Waals surface area contributed by atoms with Gasteiger partial charge in [0.25, 0.3) is 0 Å². The normalized spacial score (nSPS) is 12.6. The fraction of sp³-hybridized carbons (Fsp3) is 0.438. The summed E-state index contributed by atoms with van der Waals surface area (Å²) in [5.74, 6) is -0.205. The van der Waals surface area contributed by atoms with Gasteiger partial charge in [0.1, 0.15) is 5.82 Å². The molecule has 0 bridgehead atoms. The fourth-order valence-corrected chi connectivity index (χ4v) is 2.39. The highest BCUT2D eigenvalue weighted by atomic mass is 19.1.